The van der Waals surface area contributed by atoms with Crippen LogP contribution in [0.25, 0.3) is 71.8 Å². The van der Waals surface area contributed by atoms with Crippen molar-refractivity contribution in [2.45, 2.75) is 45.4 Å². The van der Waals surface area contributed by atoms with Gasteiger partial charge in [-0.25, -0.2) is 4.98 Å². The molecule has 0 N–H and O–H groups in total. The molecule has 0 amide bonds. The second-order valence-electron chi connectivity index (χ2n) is 16.5. The van der Waals surface area contributed by atoms with Gasteiger partial charge in [-0.1, -0.05) is 113 Å². The summed E-state index contributed by atoms with van der Waals surface area (Å²) < 4.78 is 9.04. The molecule has 0 radical (unpaired) electrons. The molecule has 0 saturated carbocycles. The maximum absolute atomic E-state index is 6.63. The molecule has 0 aliphatic heterocycles. The minimum absolute atomic E-state index is 0.0576. The van der Waals surface area contributed by atoms with Gasteiger partial charge in [0.1, 0.15) is 5.52 Å². The third-order valence-corrected chi connectivity index (χ3v) is 11.9. The Morgan fingerprint density at radius 2 is 1.26 bits per heavy atom. The summed E-state index contributed by atoms with van der Waals surface area (Å²) in [5, 5.41) is 4.65. The smallest absolute Gasteiger partial charge is 0.227 e. The predicted octanol–water partition coefficient (Wildman–Crippen LogP) is 13.7. The number of rotatable bonds is 4. The van der Waals surface area contributed by atoms with Crippen molar-refractivity contribution in [2.24, 2.45) is 0 Å². The number of aromatic nitrogens is 2. The molecule has 3 aromatic heterocycles. The number of fused-ring (bicyclic) bond motifs is 11. The van der Waals surface area contributed by atoms with Crippen molar-refractivity contribution >= 4 is 66.3 Å². The highest BCUT2D eigenvalue weighted by Crippen LogP contribution is 2.51. The number of anilines is 3. The lowest BCUT2D eigenvalue weighted by molar-refractivity contribution is 0.590. The number of hydrogen-bond acceptors (Lipinski definition) is 3. The Balaban J connectivity index is 1.16. The van der Waals surface area contributed by atoms with Crippen molar-refractivity contribution in [2.75, 3.05) is 4.90 Å². The first kappa shape index (κ1) is 31.2. The Labute approximate surface area is 314 Å². The molecule has 0 spiro atoms. The first-order chi connectivity index (χ1) is 26.2. The normalized spacial score (nSPS) is 13.8. The molecule has 54 heavy (non-hydrogen) atoms. The molecule has 1 aliphatic carbocycles. The van der Waals surface area contributed by atoms with Crippen LogP contribution in [-0.4, -0.2) is 9.38 Å². The average molecular weight is 698 g/mol. The zero-order chi connectivity index (χ0) is 36.5. The Bertz CT molecular complexity index is 3100. The molecule has 10 aromatic rings. The maximum Gasteiger partial charge on any atom is 0.227 e. The minimum atomic E-state index is -0.108. The summed E-state index contributed by atoms with van der Waals surface area (Å²) in [6, 6.07) is 53.1. The van der Waals surface area contributed by atoms with Gasteiger partial charge >= 0.3 is 0 Å². The van der Waals surface area contributed by atoms with Gasteiger partial charge in [0.05, 0.1) is 21.9 Å². The van der Waals surface area contributed by atoms with Gasteiger partial charge < -0.3 is 13.7 Å². The van der Waals surface area contributed by atoms with Gasteiger partial charge in [-0.05, 0) is 100.0 Å². The van der Waals surface area contributed by atoms with E-state index >= 15 is 0 Å². The number of para-hydroxylation sites is 1. The molecule has 0 saturated heterocycles. The molecule has 0 fully saturated rings. The van der Waals surface area contributed by atoms with E-state index in [4.69, 9.17) is 9.40 Å². The Kier molecular flexibility index (Phi) is 6.25. The number of hydrogen-bond donors (Lipinski definition) is 0. The summed E-state index contributed by atoms with van der Waals surface area (Å²) >= 11 is 0. The fourth-order valence-corrected chi connectivity index (χ4v) is 9.16. The third-order valence-electron chi connectivity index (χ3n) is 11.9. The van der Waals surface area contributed by atoms with Crippen LogP contribution >= 0.6 is 0 Å². The van der Waals surface area contributed by atoms with E-state index in [9.17, 15) is 0 Å². The number of oxazole rings is 1. The zero-order valence-electron chi connectivity index (χ0n) is 31.1. The summed E-state index contributed by atoms with van der Waals surface area (Å²) in [5.41, 5.74) is 16.2. The van der Waals surface area contributed by atoms with Gasteiger partial charge in [0.25, 0.3) is 0 Å². The minimum Gasteiger partial charge on any atom is -0.435 e. The summed E-state index contributed by atoms with van der Waals surface area (Å²) in [5.74, 6) is 0.641. The summed E-state index contributed by atoms with van der Waals surface area (Å²) in [6.07, 6.45) is 0. The van der Waals surface area contributed by atoms with E-state index in [1.165, 1.54) is 60.5 Å². The first-order valence-electron chi connectivity index (χ1n) is 18.9. The van der Waals surface area contributed by atoms with E-state index < -0.39 is 0 Å². The van der Waals surface area contributed by atoms with Gasteiger partial charge in [0, 0.05) is 44.2 Å². The molecule has 3 heterocycles. The van der Waals surface area contributed by atoms with Crippen molar-refractivity contribution in [3.63, 3.8) is 0 Å². The molecule has 0 unspecified atom stereocenters. The molecule has 260 valence electrons. The van der Waals surface area contributed by atoms with Crippen molar-refractivity contribution in [1.29, 1.82) is 0 Å². The van der Waals surface area contributed by atoms with Crippen molar-refractivity contribution in [1.82, 2.24) is 9.38 Å². The first-order valence-corrected chi connectivity index (χ1v) is 18.9. The van der Waals surface area contributed by atoms with Crippen LogP contribution in [0.15, 0.2) is 150 Å². The summed E-state index contributed by atoms with van der Waals surface area (Å²) in [4.78, 5) is 7.51. The van der Waals surface area contributed by atoms with E-state index in [0.29, 0.717) is 5.89 Å². The van der Waals surface area contributed by atoms with E-state index in [2.05, 4.69) is 171 Å². The summed E-state index contributed by atoms with van der Waals surface area (Å²) in [6.45, 7) is 11.5. The quantitative estimate of drug-likeness (QED) is 0.184. The molecule has 0 atom stereocenters. The lowest BCUT2D eigenvalue weighted by Crippen LogP contribution is -2.17. The van der Waals surface area contributed by atoms with Gasteiger partial charge in [0.15, 0.2) is 5.58 Å². The fraction of sp³-hybridized carbons (Fsp3) is 0.140. The molecule has 7 aromatic carbocycles. The zero-order valence-corrected chi connectivity index (χ0v) is 31.1. The Morgan fingerprint density at radius 1 is 0.593 bits per heavy atom. The van der Waals surface area contributed by atoms with Crippen LogP contribution in [0.2, 0.25) is 0 Å². The highest BCUT2D eigenvalue weighted by atomic mass is 16.3. The average Bonchev–Trinajstić information content (AvgIpc) is 3.91. The number of benzene rings is 7. The van der Waals surface area contributed by atoms with Crippen LogP contribution in [0.1, 0.15) is 51.3 Å². The lowest BCUT2D eigenvalue weighted by atomic mass is 9.82. The van der Waals surface area contributed by atoms with Crippen LogP contribution in [0.4, 0.5) is 17.1 Å². The van der Waals surface area contributed by atoms with E-state index in [1.54, 1.807) is 0 Å². The molecule has 0 bridgehead atoms. The predicted molar refractivity (Wildman–Crippen MR) is 225 cm³/mol. The Hall–Kier alpha value is -6.39. The maximum atomic E-state index is 6.63. The highest BCUT2D eigenvalue weighted by molar-refractivity contribution is 6.30. The SMILES string of the molecule is CC(C)(C)c1ccc(N(c2ccc3c(c2)C(C)(C)c2ccccc2-3)c2ccc3c(c2)c2cc4nc(-c5ccccc5)oc4c4c5ccccc5n3c24)cc1. The standard InChI is InChI=1S/C50H39N3O/c1-49(2,3)31-19-21-32(22-20-31)52(34-23-25-36-35-15-9-11-17-40(35)50(4,5)41(36)28-34)33-24-26-44-38(27-33)39-29-42-47(54-48(51-42)30-13-7-6-8-14-30)45-37-16-10-12-18-43(37)53(44)46(39)45/h6-29H,1-5H3. The van der Waals surface area contributed by atoms with Crippen molar-refractivity contribution < 1.29 is 4.42 Å². The second kappa shape index (κ2) is 10.8. The highest BCUT2D eigenvalue weighted by Gasteiger charge is 2.36. The van der Waals surface area contributed by atoms with Crippen molar-refractivity contribution in [3.05, 3.63) is 162 Å². The van der Waals surface area contributed by atoms with Crippen molar-refractivity contribution in [3.8, 4) is 22.6 Å². The molecule has 11 rings (SSSR count). The monoisotopic (exact) mass is 697 g/mol. The van der Waals surface area contributed by atoms with Gasteiger partial charge in [-0.2, -0.15) is 0 Å². The van der Waals surface area contributed by atoms with Crippen LogP contribution in [0, 0.1) is 0 Å². The van der Waals surface area contributed by atoms with Gasteiger partial charge in [-0.15, -0.1) is 0 Å². The van der Waals surface area contributed by atoms with E-state index in [1.807, 2.05) is 18.2 Å². The molecular weight excluding hydrogens is 659 g/mol. The molecule has 4 nitrogen and oxygen atoms in total. The van der Waals surface area contributed by atoms with Crippen LogP contribution in [0.3, 0.4) is 0 Å². The summed E-state index contributed by atoms with van der Waals surface area (Å²) in [7, 11) is 0. The van der Waals surface area contributed by atoms with Crippen LogP contribution in [0.5, 0.6) is 0 Å². The van der Waals surface area contributed by atoms with Crippen LogP contribution in [-0.2, 0) is 10.8 Å². The van der Waals surface area contributed by atoms with Gasteiger partial charge in [-0.3, -0.25) is 0 Å². The van der Waals surface area contributed by atoms with Crippen LogP contribution < -0.4 is 4.90 Å². The molecule has 4 heteroatoms. The number of nitrogens with zero attached hydrogens (tertiary/aromatic N) is 3. The topological polar surface area (TPSA) is 33.7 Å². The molecule has 1 aliphatic rings. The van der Waals surface area contributed by atoms with Gasteiger partial charge in [0.2, 0.25) is 5.89 Å². The molecular formula is C50H39N3O. The largest absolute Gasteiger partial charge is 0.435 e. The van der Waals surface area contributed by atoms with E-state index in [-0.39, 0.29) is 10.8 Å². The van der Waals surface area contributed by atoms with E-state index in [0.717, 1.165) is 39.1 Å². The third kappa shape index (κ3) is 4.28. The Morgan fingerprint density at radius 3 is 2.07 bits per heavy atom. The fourth-order valence-electron chi connectivity index (χ4n) is 9.16. The second-order valence-corrected chi connectivity index (χ2v) is 16.5. The lowest BCUT2D eigenvalue weighted by Gasteiger charge is -2.29.